The maximum absolute atomic E-state index is 12.8. The molecule has 3 saturated carbocycles. The van der Waals surface area contributed by atoms with Crippen LogP contribution in [-0.2, 0) is 27.1 Å². The number of rotatable bonds is 8. The Labute approximate surface area is 242 Å². The number of carboxylic acid groups (broad SMARTS) is 1. The second-order valence-corrected chi connectivity index (χ2v) is 12.6. The van der Waals surface area contributed by atoms with Gasteiger partial charge in [0.2, 0.25) is 0 Å². The van der Waals surface area contributed by atoms with Crippen molar-refractivity contribution >= 4 is 25.2 Å². The van der Waals surface area contributed by atoms with E-state index < -0.39 is 24.8 Å². The van der Waals surface area contributed by atoms with Crippen LogP contribution in [0.5, 0.6) is 0 Å². The van der Waals surface area contributed by atoms with Crippen molar-refractivity contribution in [1.29, 1.82) is 5.26 Å². The van der Waals surface area contributed by atoms with Gasteiger partial charge in [0.05, 0.1) is 17.6 Å². The molecule has 2 aromatic rings. The predicted molar refractivity (Wildman–Crippen MR) is 156 cm³/mol. The van der Waals surface area contributed by atoms with Crippen LogP contribution in [0.3, 0.4) is 0 Å². The van der Waals surface area contributed by atoms with Gasteiger partial charge in [-0.05, 0) is 72.3 Å². The van der Waals surface area contributed by atoms with Crippen LogP contribution < -0.4 is 0 Å². The van der Waals surface area contributed by atoms with E-state index >= 15 is 0 Å². The van der Waals surface area contributed by atoms with E-state index in [1.807, 2.05) is 48.5 Å². The summed E-state index contributed by atoms with van der Waals surface area (Å²) in [6, 6.07) is 19.0. The Bertz CT molecular complexity index is 1390. The summed E-state index contributed by atoms with van der Waals surface area (Å²) in [5.41, 5.74) is 2.10. The quantitative estimate of drug-likeness (QED) is 0.278. The number of carbonyl (C=O) groups is 2. The molecule has 0 radical (unpaired) electrons. The number of nitrogens with zero attached hydrogens (tertiary/aromatic N) is 3. The van der Waals surface area contributed by atoms with Crippen molar-refractivity contribution in [1.82, 2.24) is 9.80 Å². The van der Waals surface area contributed by atoms with E-state index in [0.717, 1.165) is 24.0 Å². The Morgan fingerprint density at radius 1 is 1.12 bits per heavy atom. The van der Waals surface area contributed by atoms with Crippen LogP contribution in [0.1, 0.15) is 50.3 Å². The van der Waals surface area contributed by atoms with Crippen molar-refractivity contribution in [3.63, 3.8) is 0 Å². The highest BCUT2D eigenvalue weighted by Crippen LogP contribution is 2.65. The summed E-state index contributed by atoms with van der Waals surface area (Å²) in [6.45, 7) is 6.85. The molecule has 0 spiro atoms. The first-order valence-corrected chi connectivity index (χ1v) is 14.2. The third-order valence-electron chi connectivity index (χ3n) is 9.59. The summed E-state index contributed by atoms with van der Waals surface area (Å²) in [7, 11) is 2.48. The van der Waals surface area contributed by atoms with Crippen molar-refractivity contribution in [2.45, 2.75) is 64.2 Å². The molecule has 8 nitrogen and oxygen atoms in total. The third-order valence-corrected chi connectivity index (χ3v) is 9.59. The van der Waals surface area contributed by atoms with Gasteiger partial charge >= 0.3 is 13.2 Å². The number of carbonyl (C=O) groups excluding carboxylic acids is 1. The molecule has 214 valence electrons. The second kappa shape index (κ2) is 11.0. The van der Waals surface area contributed by atoms with Crippen LogP contribution in [0.4, 0.5) is 4.79 Å². The van der Waals surface area contributed by atoms with Gasteiger partial charge in [-0.1, -0.05) is 62.4 Å². The topological polar surface area (TPSA) is 103 Å². The first-order chi connectivity index (χ1) is 19.4. The molecule has 1 unspecified atom stereocenters. The van der Waals surface area contributed by atoms with Crippen molar-refractivity contribution in [2.75, 3.05) is 14.1 Å². The lowest BCUT2D eigenvalue weighted by atomic mass is 9.43. The number of hydrogen-bond acceptors (Lipinski definition) is 5. The lowest BCUT2D eigenvalue weighted by Gasteiger charge is -2.64. The predicted octanol–water partition coefficient (Wildman–Crippen LogP) is 5.04. The molecule has 1 saturated heterocycles. The fraction of sp³-hybridized carbons (Fsp3) is 0.469. The van der Waals surface area contributed by atoms with E-state index in [1.165, 1.54) is 15.9 Å². The van der Waals surface area contributed by atoms with Gasteiger partial charge < -0.3 is 24.2 Å². The molecule has 4 fully saturated rings. The molecule has 1 aliphatic heterocycles. The van der Waals surface area contributed by atoms with Crippen LogP contribution in [-0.4, -0.2) is 65.8 Å². The first kappa shape index (κ1) is 28.9. The summed E-state index contributed by atoms with van der Waals surface area (Å²) < 4.78 is 13.4. The fourth-order valence-electron chi connectivity index (χ4n) is 7.13. The number of nitriles is 1. The molecule has 6 rings (SSSR count). The Balaban J connectivity index is 1.45. The third kappa shape index (κ3) is 5.39. The number of hydrogen-bond donors (Lipinski definition) is 1. The van der Waals surface area contributed by atoms with E-state index in [9.17, 15) is 20.0 Å². The molecule has 1 N–H and O–H groups in total. The van der Waals surface area contributed by atoms with Crippen LogP contribution in [0.15, 0.2) is 60.2 Å². The van der Waals surface area contributed by atoms with Crippen molar-refractivity contribution < 1.29 is 24.0 Å². The van der Waals surface area contributed by atoms with Gasteiger partial charge in [0.15, 0.2) is 0 Å². The Hall–Kier alpha value is -3.61. The average Bonchev–Trinajstić information content (AvgIpc) is 3.30. The zero-order valence-electron chi connectivity index (χ0n) is 24.4. The summed E-state index contributed by atoms with van der Waals surface area (Å²) >= 11 is 0. The number of likely N-dealkylation sites (N-methyl/N-ethyl adjacent to an activating group) is 1. The Morgan fingerprint density at radius 2 is 1.83 bits per heavy atom. The number of benzene rings is 2. The van der Waals surface area contributed by atoms with Gasteiger partial charge in [0.25, 0.3) is 5.91 Å². The van der Waals surface area contributed by atoms with Crippen LogP contribution >= 0.6 is 0 Å². The van der Waals surface area contributed by atoms with E-state index in [-0.39, 0.29) is 29.5 Å². The maximum Gasteiger partial charge on any atom is 0.482 e. The Kier molecular flexibility index (Phi) is 7.75. The highest BCUT2D eigenvalue weighted by molar-refractivity contribution is 6.47. The molecule has 2 bridgehead atoms. The fourth-order valence-corrected chi connectivity index (χ4v) is 7.13. The standard InChI is InChI=1S/C32H38BN3O5/c1-31(2)25-17-26(31)32(3)27(18-25)40-33(41-32)28(16-21-10-7-6-8-11-21)36(30(38)39)20-23-13-9-12-22(14-23)15-24(19-34)29(37)35(4)5/h6-15,25-28H,16-18,20H2,1-5H3,(H,38,39)/t25-,26-,27+,28?,32-/m0/s1. The SMILES string of the molecule is CN(C)C(=O)C(C#N)=Cc1cccc(CN(C(=O)O)C(Cc2ccccc2)B2O[C@@H]3C[C@@H]4C[C@@H](C4(C)C)[C@]3(C)O2)c1. The molecular weight excluding hydrogens is 517 g/mol. The van der Waals surface area contributed by atoms with Gasteiger partial charge in [0.1, 0.15) is 11.6 Å². The van der Waals surface area contributed by atoms with E-state index in [0.29, 0.717) is 23.8 Å². The summed E-state index contributed by atoms with van der Waals surface area (Å²) in [5, 5.41) is 20.0. The molecule has 5 atom stereocenters. The summed E-state index contributed by atoms with van der Waals surface area (Å²) in [6.07, 6.45) is 2.87. The van der Waals surface area contributed by atoms with Gasteiger partial charge in [0, 0.05) is 20.6 Å². The molecule has 2 aromatic carbocycles. The second-order valence-electron chi connectivity index (χ2n) is 12.6. The molecule has 4 aliphatic rings. The van der Waals surface area contributed by atoms with Crippen LogP contribution in [0.2, 0.25) is 0 Å². The minimum Gasteiger partial charge on any atom is -0.465 e. The monoisotopic (exact) mass is 555 g/mol. The van der Waals surface area contributed by atoms with Gasteiger partial charge in [-0.25, -0.2) is 4.79 Å². The largest absolute Gasteiger partial charge is 0.482 e. The molecule has 3 aliphatic carbocycles. The molecule has 0 aromatic heterocycles. The lowest BCUT2D eigenvalue weighted by Crippen LogP contribution is -2.65. The van der Waals surface area contributed by atoms with Crippen molar-refractivity contribution in [3.8, 4) is 6.07 Å². The van der Waals surface area contributed by atoms with Crippen molar-refractivity contribution in [3.05, 3.63) is 76.9 Å². The zero-order chi connectivity index (χ0) is 29.5. The average molecular weight is 555 g/mol. The van der Waals surface area contributed by atoms with E-state index in [4.69, 9.17) is 9.31 Å². The summed E-state index contributed by atoms with van der Waals surface area (Å²) in [5.74, 6) is -0.0204. The minimum atomic E-state index is -1.07. The lowest BCUT2D eigenvalue weighted by molar-refractivity contribution is -0.199. The Morgan fingerprint density at radius 3 is 2.46 bits per heavy atom. The molecule has 9 heteroatoms. The molecular formula is C32H38BN3O5. The van der Waals surface area contributed by atoms with Gasteiger partial charge in [-0.2, -0.15) is 5.26 Å². The normalized spacial score (nSPS) is 26.8. The molecule has 1 heterocycles. The summed E-state index contributed by atoms with van der Waals surface area (Å²) in [4.78, 5) is 28.0. The zero-order valence-corrected chi connectivity index (χ0v) is 24.4. The van der Waals surface area contributed by atoms with Gasteiger partial charge in [-0.3, -0.25) is 4.79 Å². The van der Waals surface area contributed by atoms with E-state index in [2.05, 4.69) is 20.8 Å². The van der Waals surface area contributed by atoms with Gasteiger partial charge in [-0.15, -0.1) is 0 Å². The minimum absolute atomic E-state index is 0.00843. The smallest absolute Gasteiger partial charge is 0.465 e. The van der Waals surface area contributed by atoms with Crippen molar-refractivity contribution in [2.24, 2.45) is 17.3 Å². The first-order valence-electron chi connectivity index (χ1n) is 14.2. The maximum atomic E-state index is 12.8. The van der Waals surface area contributed by atoms with Crippen LogP contribution in [0, 0.1) is 28.6 Å². The molecule has 41 heavy (non-hydrogen) atoms. The highest BCUT2D eigenvalue weighted by Gasteiger charge is 2.68. The van der Waals surface area contributed by atoms with Crippen LogP contribution in [0.25, 0.3) is 6.08 Å². The number of amides is 2. The highest BCUT2D eigenvalue weighted by atomic mass is 16.7. The molecule has 2 amide bonds. The van der Waals surface area contributed by atoms with E-state index in [1.54, 1.807) is 26.2 Å².